The molecule has 1 aromatic carbocycles. The van der Waals surface area contributed by atoms with Gasteiger partial charge in [0.1, 0.15) is 5.82 Å². The monoisotopic (exact) mass is 323 g/mol. The number of rotatable bonds is 3. The molecule has 0 unspecified atom stereocenters. The van der Waals surface area contributed by atoms with Crippen LogP contribution in [0.3, 0.4) is 0 Å². The molecule has 7 nitrogen and oxygen atoms in total. The standard InChI is InChI=1S/C17H21N7/c1-12-10-19-17(24-7-2-5-18-6-8-24)22-16(12)21-14-3-4-15-13(9-14)11-20-23-15/h3-4,9-11,18H,2,5-8H2,1H3,(H,20,23)(H,19,21,22). The maximum Gasteiger partial charge on any atom is 0.227 e. The van der Waals surface area contributed by atoms with Gasteiger partial charge in [0, 0.05) is 42.5 Å². The largest absolute Gasteiger partial charge is 0.340 e. The predicted molar refractivity (Wildman–Crippen MR) is 95.8 cm³/mol. The molecule has 0 radical (unpaired) electrons. The van der Waals surface area contributed by atoms with Gasteiger partial charge in [-0.15, -0.1) is 0 Å². The van der Waals surface area contributed by atoms with Crippen molar-refractivity contribution in [1.82, 2.24) is 25.5 Å². The number of aromatic amines is 1. The van der Waals surface area contributed by atoms with E-state index in [4.69, 9.17) is 4.98 Å². The maximum absolute atomic E-state index is 4.75. The van der Waals surface area contributed by atoms with Crippen molar-refractivity contribution in [1.29, 1.82) is 0 Å². The van der Waals surface area contributed by atoms with Crippen LogP contribution in [0.25, 0.3) is 10.9 Å². The quantitative estimate of drug-likeness (QED) is 0.685. The van der Waals surface area contributed by atoms with Crippen LogP contribution in [-0.2, 0) is 0 Å². The van der Waals surface area contributed by atoms with Crippen LogP contribution in [0.5, 0.6) is 0 Å². The molecule has 7 heteroatoms. The Labute approximate surface area is 140 Å². The summed E-state index contributed by atoms with van der Waals surface area (Å²) in [5, 5.41) is 14.9. The van der Waals surface area contributed by atoms with Gasteiger partial charge < -0.3 is 15.5 Å². The summed E-state index contributed by atoms with van der Waals surface area (Å²) < 4.78 is 0. The lowest BCUT2D eigenvalue weighted by atomic mass is 10.2. The molecule has 4 rings (SSSR count). The van der Waals surface area contributed by atoms with Gasteiger partial charge in [0.2, 0.25) is 5.95 Å². The van der Waals surface area contributed by atoms with Crippen LogP contribution in [0.4, 0.5) is 17.5 Å². The van der Waals surface area contributed by atoms with Crippen LogP contribution in [0.1, 0.15) is 12.0 Å². The third-order valence-electron chi connectivity index (χ3n) is 4.28. The minimum absolute atomic E-state index is 0.788. The molecule has 3 N–H and O–H groups in total. The lowest BCUT2D eigenvalue weighted by Crippen LogP contribution is -2.29. The topological polar surface area (TPSA) is 81.8 Å². The van der Waals surface area contributed by atoms with E-state index in [0.29, 0.717) is 0 Å². The normalized spacial score (nSPS) is 15.5. The molecule has 1 fully saturated rings. The van der Waals surface area contributed by atoms with Crippen molar-refractivity contribution in [2.24, 2.45) is 0 Å². The summed E-state index contributed by atoms with van der Waals surface area (Å²) in [7, 11) is 0. The number of aromatic nitrogens is 4. The van der Waals surface area contributed by atoms with Crippen molar-refractivity contribution in [3.8, 4) is 0 Å². The smallest absolute Gasteiger partial charge is 0.227 e. The highest BCUT2D eigenvalue weighted by Crippen LogP contribution is 2.23. The molecule has 0 atom stereocenters. The molecule has 0 amide bonds. The Morgan fingerprint density at radius 1 is 1.17 bits per heavy atom. The Hall–Kier alpha value is -2.67. The minimum atomic E-state index is 0.788. The second-order valence-corrected chi connectivity index (χ2v) is 6.09. The van der Waals surface area contributed by atoms with E-state index < -0.39 is 0 Å². The van der Waals surface area contributed by atoms with Gasteiger partial charge in [-0.3, -0.25) is 5.10 Å². The van der Waals surface area contributed by atoms with Crippen molar-refractivity contribution in [3.05, 3.63) is 36.2 Å². The van der Waals surface area contributed by atoms with E-state index in [2.05, 4.69) is 36.8 Å². The van der Waals surface area contributed by atoms with Crippen LogP contribution in [0, 0.1) is 6.92 Å². The Bertz CT molecular complexity index is 834. The van der Waals surface area contributed by atoms with E-state index in [-0.39, 0.29) is 0 Å². The Balaban J connectivity index is 1.60. The molecule has 0 aliphatic carbocycles. The van der Waals surface area contributed by atoms with Gasteiger partial charge in [0.05, 0.1) is 11.7 Å². The molecule has 1 aliphatic rings. The van der Waals surface area contributed by atoms with Crippen molar-refractivity contribution in [3.63, 3.8) is 0 Å². The number of anilines is 3. The zero-order chi connectivity index (χ0) is 16.4. The number of benzene rings is 1. The molecular weight excluding hydrogens is 302 g/mol. The molecule has 1 saturated heterocycles. The first-order chi connectivity index (χ1) is 11.8. The Morgan fingerprint density at radius 3 is 3.08 bits per heavy atom. The number of fused-ring (bicyclic) bond motifs is 1. The number of hydrogen-bond donors (Lipinski definition) is 3. The fourth-order valence-electron chi connectivity index (χ4n) is 2.91. The van der Waals surface area contributed by atoms with E-state index in [1.807, 2.05) is 31.5 Å². The summed E-state index contributed by atoms with van der Waals surface area (Å²) in [6.45, 7) is 5.96. The summed E-state index contributed by atoms with van der Waals surface area (Å²) >= 11 is 0. The second-order valence-electron chi connectivity index (χ2n) is 6.09. The molecule has 0 spiro atoms. The lowest BCUT2D eigenvalue weighted by molar-refractivity contribution is 0.724. The van der Waals surface area contributed by atoms with Crippen LogP contribution < -0.4 is 15.5 Å². The van der Waals surface area contributed by atoms with Crippen molar-refractivity contribution >= 4 is 28.4 Å². The van der Waals surface area contributed by atoms with Gasteiger partial charge in [-0.25, -0.2) is 4.98 Å². The zero-order valence-electron chi connectivity index (χ0n) is 13.7. The van der Waals surface area contributed by atoms with Gasteiger partial charge >= 0.3 is 0 Å². The van der Waals surface area contributed by atoms with Crippen LogP contribution >= 0.6 is 0 Å². The SMILES string of the molecule is Cc1cnc(N2CCCNCC2)nc1Nc1ccc2[nH]ncc2c1. The third kappa shape index (κ3) is 3.03. The molecule has 3 heterocycles. The average molecular weight is 323 g/mol. The van der Waals surface area contributed by atoms with Crippen molar-refractivity contribution < 1.29 is 0 Å². The summed E-state index contributed by atoms with van der Waals surface area (Å²) in [6, 6.07) is 6.11. The van der Waals surface area contributed by atoms with Gasteiger partial charge in [-0.05, 0) is 38.1 Å². The van der Waals surface area contributed by atoms with Gasteiger partial charge in [-0.2, -0.15) is 10.1 Å². The molecule has 0 bridgehead atoms. The number of H-pyrrole nitrogens is 1. The minimum Gasteiger partial charge on any atom is -0.340 e. The average Bonchev–Trinajstić information content (AvgIpc) is 2.89. The molecule has 24 heavy (non-hydrogen) atoms. The van der Waals surface area contributed by atoms with Crippen LogP contribution in [0.2, 0.25) is 0 Å². The highest BCUT2D eigenvalue weighted by Gasteiger charge is 2.14. The predicted octanol–water partition coefficient (Wildman–Crippen LogP) is 2.20. The van der Waals surface area contributed by atoms with Crippen molar-refractivity contribution in [2.45, 2.75) is 13.3 Å². The van der Waals surface area contributed by atoms with E-state index in [0.717, 1.165) is 66.5 Å². The number of hydrogen-bond acceptors (Lipinski definition) is 6. The van der Waals surface area contributed by atoms with E-state index in [9.17, 15) is 0 Å². The molecular formula is C17H21N7. The van der Waals surface area contributed by atoms with Crippen molar-refractivity contribution in [2.75, 3.05) is 36.4 Å². The van der Waals surface area contributed by atoms with Gasteiger partial charge in [-0.1, -0.05) is 0 Å². The van der Waals surface area contributed by atoms with Crippen LogP contribution in [-0.4, -0.2) is 46.3 Å². The molecule has 2 aromatic heterocycles. The van der Waals surface area contributed by atoms with Crippen LogP contribution in [0.15, 0.2) is 30.6 Å². The maximum atomic E-state index is 4.75. The fourth-order valence-corrected chi connectivity index (χ4v) is 2.91. The molecule has 0 saturated carbocycles. The summed E-state index contributed by atoms with van der Waals surface area (Å²) in [5.74, 6) is 1.64. The molecule has 124 valence electrons. The zero-order valence-corrected chi connectivity index (χ0v) is 13.7. The van der Waals surface area contributed by atoms with Gasteiger partial charge in [0.15, 0.2) is 0 Å². The number of nitrogens with zero attached hydrogens (tertiary/aromatic N) is 4. The first kappa shape index (κ1) is 14.9. The second kappa shape index (κ2) is 6.45. The number of aryl methyl sites for hydroxylation is 1. The Kier molecular flexibility index (Phi) is 4.00. The summed E-state index contributed by atoms with van der Waals surface area (Å²) in [5.41, 5.74) is 3.05. The van der Waals surface area contributed by atoms with E-state index in [1.165, 1.54) is 0 Å². The summed E-state index contributed by atoms with van der Waals surface area (Å²) in [4.78, 5) is 11.5. The lowest BCUT2D eigenvalue weighted by Gasteiger charge is -2.21. The fraction of sp³-hybridized carbons (Fsp3) is 0.353. The third-order valence-corrected chi connectivity index (χ3v) is 4.28. The van der Waals surface area contributed by atoms with E-state index >= 15 is 0 Å². The van der Waals surface area contributed by atoms with E-state index in [1.54, 1.807) is 0 Å². The first-order valence-corrected chi connectivity index (χ1v) is 8.29. The molecule has 3 aromatic rings. The van der Waals surface area contributed by atoms with Gasteiger partial charge in [0.25, 0.3) is 0 Å². The highest BCUT2D eigenvalue weighted by molar-refractivity contribution is 5.82. The summed E-state index contributed by atoms with van der Waals surface area (Å²) in [6.07, 6.45) is 4.82. The molecule has 1 aliphatic heterocycles. The number of nitrogens with one attached hydrogen (secondary N) is 3. The highest BCUT2D eigenvalue weighted by atomic mass is 15.3. The first-order valence-electron chi connectivity index (χ1n) is 8.29. The Morgan fingerprint density at radius 2 is 2.12 bits per heavy atom.